The van der Waals surface area contributed by atoms with Gasteiger partial charge >= 0.3 is 0 Å². The van der Waals surface area contributed by atoms with E-state index in [1.165, 1.54) is 16.5 Å². The molecule has 1 fully saturated rings. The van der Waals surface area contributed by atoms with E-state index in [2.05, 4.69) is 30.1 Å². The molecule has 1 N–H and O–H groups in total. The second kappa shape index (κ2) is 7.27. The minimum absolute atomic E-state index is 0.0150. The summed E-state index contributed by atoms with van der Waals surface area (Å²) in [5, 5.41) is 1.21. The molecule has 0 radical (unpaired) electrons. The van der Waals surface area contributed by atoms with Crippen molar-refractivity contribution in [2.24, 2.45) is 0 Å². The zero-order valence-corrected chi connectivity index (χ0v) is 15.4. The molecule has 1 aliphatic heterocycles. The van der Waals surface area contributed by atoms with Gasteiger partial charge in [0.05, 0.1) is 0 Å². The largest absolute Gasteiger partial charge is 0.361 e. The lowest BCUT2D eigenvalue weighted by Gasteiger charge is -2.34. The van der Waals surface area contributed by atoms with Crippen LogP contribution in [-0.4, -0.2) is 52.8 Å². The highest BCUT2D eigenvalue weighted by Gasteiger charge is 2.27. The number of carbonyl (C=O) groups excluding carboxylic acids is 2. The van der Waals surface area contributed by atoms with Gasteiger partial charge in [-0.2, -0.15) is 0 Å². The molecule has 1 saturated heterocycles. The summed E-state index contributed by atoms with van der Waals surface area (Å²) in [6, 6.07) is 15.5. The number of carbonyl (C=O) groups is 2. The summed E-state index contributed by atoms with van der Waals surface area (Å²) < 4.78 is 0. The Morgan fingerprint density at radius 1 is 1.11 bits per heavy atom. The van der Waals surface area contributed by atoms with Gasteiger partial charge in [0, 0.05) is 42.3 Å². The summed E-state index contributed by atoms with van der Waals surface area (Å²) >= 11 is 0. The lowest BCUT2D eigenvalue weighted by Crippen LogP contribution is -2.52. The van der Waals surface area contributed by atoms with Crippen LogP contribution in [0.5, 0.6) is 0 Å². The van der Waals surface area contributed by atoms with E-state index >= 15 is 0 Å². The van der Waals surface area contributed by atoms with Crippen LogP contribution in [0.25, 0.3) is 10.9 Å². The molecule has 4 rings (SSSR count). The predicted octanol–water partition coefficient (Wildman–Crippen LogP) is 3.00. The predicted molar refractivity (Wildman–Crippen MR) is 106 cm³/mol. The van der Waals surface area contributed by atoms with Crippen LogP contribution in [-0.2, 0) is 11.2 Å². The van der Waals surface area contributed by atoms with Gasteiger partial charge in [-0.15, -0.1) is 0 Å². The van der Waals surface area contributed by atoms with Gasteiger partial charge in [0.15, 0.2) is 0 Å². The fourth-order valence-electron chi connectivity index (χ4n) is 3.64. The van der Waals surface area contributed by atoms with E-state index in [0.29, 0.717) is 25.2 Å². The number of H-pyrrole nitrogens is 1. The van der Waals surface area contributed by atoms with Crippen molar-refractivity contribution >= 4 is 22.7 Å². The van der Waals surface area contributed by atoms with Gasteiger partial charge < -0.3 is 14.8 Å². The Labute approximate surface area is 158 Å². The standard InChI is InChI=1S/C22H23N3O2/c1-16-7-8-19-18(14-23-20(19)13-16)9-10-24-11-12-25(15-21(24)26)22(27)17-5-3-2-4-6-17/h2-8,13-14,23H,9-12,15H2,1H3. The summed E-state index contributed by atoms with van der Waals surface area (Å²) in [7, 11) is 0. The normalized spacial score (nSPS) is 14.8. The SMILES string of the molecule is Cc1ccc2c(CCN3CCN(C(=O)c4ccccc4)CC3=O)c[nH]c2c1. The van der Waals surface area contributed by atoms with Crippen LogP contribution in [0.15, 0.2) is 54.7 Å². The number of rotatable bonds is 4. The van der Waals surface area contributed by atoms with Crippen molar-refractivity contribution in [2.45, 2.75) is 13.3 Å². The first-order valence-corrected chi connectivity index (χ1v) is 9.30. The number of aromatic amines is 1. The van der Waals surface area contributed by atoms with Crippen molar-refractivity contribution in [3.63, 3.8) is 0 Å². The van der Waals surface area contributed by atoms with E-state index in [-0.39, 0.29) is 18.4 Å². The molecule has 2 amide bonds. The Balaban J connectivity index is 1.37. The first-order valence-electron chi connectivity index (χ1n) is 9.30. The molecule has 1 aliphatic rings. The van der Waals surface area contributed by atoms with Crippen molar-refractivity contribution in [1.82, 2.24) is 14.8 Å². The van der Waals surface area contributed by atoms with Crippen LogP contribution < -0.4 is 0 Å². The van der Waals surface area contributed by atoms with Crippen molar-refractivity contribution in [3.8, 4) is 0 Å². The van der Waals surface area contributed by atoms with E-state index in [0.717, 1.165) is 11.9 Å². The van der Waals surface area contributed by atoms with Gasteiger partial charge in [-0.25, -0.2) is 0 Å². The monoisotopic (exact) mass is 361 g/mol. The molecule has 1 aromatic heterocycles. The molecule has 0 aliphatic carbocycles. The molecule has 138 valence electrons. The molecular formula is C22H23N3O2. The van der Waals surface area contributed by atoms with E-state index in [1.807, 2.05) is 29.3 Å². The Morgan fingerprint density at radius 3 is 2.70 bits per heavy atom. The first kappa shape index (κ1) is 17.3. The molecule has 2 heterocycles. The maximum Gasteiger partial charge on any atom is 0.254 e. The summed E-state index contributed by atoms with van der Waals surface area (Å²) in [6.07, 6.45) is 2.84. The van der Waals surface area contributed by atoms with Gasteiger partial charge in [0.25, 0.3) is 5.91 Å². The minimum atomic E-state index is -0.0735. The van der Waals surface area contributed by atoms with E-state index in [1.54, 1.807) is 17.0 Å². The average molecular weight is 361 g/mol. The summed E-state index contributed by atoms with van der Waals surface area (Å²) in [5.74, 6) is -0.0585. The maximum absolute atomic E-state index is 12.5. The van der Waals surface area contributed by atoms with Crippen LogP contribution >= 0.6 is 0 Å². The van der Waals surface area contributed by atoms with Gasteiger partial charge in [-0.05, 0) is 42.7 Å². The minimum Gasteiger partial charge on any atom is -0.361 e. The molecule has 5 heteroatoms. The third-order valence-corrected chi connectivity index (χ3v) is 5.20. The van der Waals surface area contributed by atoms with Crippen molar-refractivity contribution in [2.75, 3.05) is 26.2 Å². The number of fused-ring (bicyclic) bond motifs is 1. The fraction of sp³-hybridized carbons (Fsp3) is 0.273. The first-order chi connectivity index (χ1) is 13.1. The number of piperazine rings is 1. The van der Waals surface area contributed by atoms with Gasteiger partial charge in [0.1, 0.15) is 6.54 Å². The lowest BCUT2D eigenvalue weighted by molar-refractivity contribution is -0.134. The maximum atomic E-state index is 12.5. The van der Waals surface area contributed by atoms with Gasteiger partial charge in [0.2, 0.25) is 5.91 Å². The molecule has 0 saturated carbocycles. The molecular weight excluding hydrogens is 338 g/mol. The van der Waals surface area contributed by atoms with Crippen LogP contribution in [0.1, 0.15) is 21.5 Å². The number of benzene rings is 2. The zero-order chi connectivity index (χ0) is 18.8. The van der Waals surface area contributed by atoms with Crippen LogP contribution in [0.4, 0.5) is 0 Å². The van der Waals surface area contributed by atoms with Crippen molar-refractivity contribution in [3.05, 3.63) is 71.4 Å². The highest BCUT2D eigenvalue weighted by Crippen LogP contribution is 2.20. The second-order valence-corrected chi connectivity index (χ2v) is 7.09. The number of aryl methyl sites for hydroxylation is 1. The molecule has 2 aromatic carbocycles. The molecule has 3 aromatic rings. The Morgan fingerprint density at radius 2 is 1.93 bits per heavy atom. The Kier molecular flexibility index (Phi) is 4.67. The smallest absolute Gasteiger partial charge is 0.254 e. The Hall–Kier alpha value is -3.08. The lowest BCUT2D eigenvalue weighted by atomic mass is 10.1. The van der Waals surface area contributed by atoms with E-state index in [9.17, 15) is 9.59 Å². The third kappa shape index (κ3) is 3.58. The quantitative estimate of drug-likeness (QED) is 0.777. The molecule has 0 atom stereocenters. The molecule has 5 nitrogen and oxygen atoms in total. The second-order valence-electron chi connectivity index (χ2n) is 7.09. The van der Waals surface area contributed by atoms with Crippen LogP contribution in [0.2, 0.25) is 0 Å². The number of amides is 2. The molecule has 0 unspecified atom stereocenters. The van der Waals surface area contributed by atoms with E-state index in [4.69, 9.17) is 0 Å². The number of nitrogens with one attached hydrogen (secondary N) is 1. The van der Waals surface area contributed by atoms with Gasteiger partial charge in [-0.3, -0.25) is 9.59 Å². The van der Waals surface area contributed by atoms with Crippen LogP contribution in [0.3, 0.4) is 0 Å². The van der Waals surface area contributed by atoms with Crippen molar-refractivity contribution in [1.29, 1.82) is 0 Å². The highest BCUT2D eigenvalue weighted by molar-refractivity contribution is 5.97. The molecule has 27 heavy (non-hydrogen) atoms. The third-order valence-electron chi connectivity index (χ3n) is 5.20. The number of aromatic nitrogens is 1. The van der Waals surface area contributed by atoms with Crippen molar-refractivity contribution < 1.29 is 9.59 Å². The highest BCUT2D eigenvalue weighted by atomic mass is 16.2. The number of hydrogen-bond acceptors (Lipinski definition) is 2. The molecule has 0 bridgehead atoms. The topological polar surface area (TPSA) is 56.4 Å². The summed E-state index contributed by atoms with van der Waals surface area (Å²) in [4.78, 5) is 31.9. The molecule has 0 spiro atoms. The van der Waals surface area contributed by atoms with Crippen LogP contribution in [0, 0.1) is 6.92 Å². The zero-order valence-electron chi connectivity index (χ0n) is 15.4. The number of hydrogen-bond donors (Lipinski definition) is 1. The Bertz CT molecular complexity index is 978. The average Bonchev–Trinajstić information content (AvgIpc) is 3.09. The summed E-state index contributed by atoms with van der Waals surface area (Å²) in [5.41, 5.74) is 4.22. The van der Waals surface area contributed by atoms with E-state index < -0.39 is 0 Å². The van der Waals surface area contributed by atoms with Gasteiger partial charge in [-0.1, -0.05) is 30.3 Å². The summed E-state index contributed by atoms with van der Waals surface area (Å²) in [6.45, 7) is 4.06. The fourth-order valence-corrected chi connectivity index (χ4v) is 3.64. The number of nitrogens with zero attached hydrogens (tertiary/aromatic N) is 2.